The molecular formula is C11H24O2. The third kappa shape index (κ3) is 2.96. The molecule has 2 N–H and O–H groups in total. The van der Waals surface area contributed by atoms with Crippen LogP contribution in [-0.2, 0) is 0 Å². The zero-order valence-corrected chi connectivity index (χ0v) is 9.38. The summed E-state index contributed by atoms with van der Waals surface area (Å²) >= 11 is 0. The van der Waals surface area contributed by atoms with Crippen molar-refractivity contribution in [3.05, 3.63) is 0 Å². The molecule has 0 fully saturated rings. The molecule has 2 nitrogen and oxygen atoms in total. The van der Waals surface area contributed by atoms with Crippen molar-refractivity contribution in [2.24, 2.45) is 5.92 Å². The van der Waals surface area contributed by atoms with Crippen molar-refractivity contribution in [1.82, 2.24) is 0 Å². The lowest BCUT2D eigenvalue weighted by Crippen LogP contribution is -2.42. The van der Waals surface area contributed by atoms with Crippen molar-refractivity contribution >= 4 is 0 Å². The highest BCUT2D eigenvalue weighted by Crippen LogP contribution is 2.31. The Hall–Kier alpha value is -0.0800. The normalized spacial score (nSPS) is 17.1. The lowest BCUT2D eigenvalue weighted by atomic mass is 9.77. The van der Waals surface area contributed by atoms with Gasteiger partial charge in [-0.1, -0.05) is 27.7 Å². The summed E-state index contributed by atoms with van der Waals surface area (Å²) in [4.78, 5) is 0. The van der Waals surface area contributed by atoms with Gasteiger partial charge in [-0.15, -0.1) is 0 Å². The molecular weight excluding hydrogens is 164 g/mol. The predicted molar refractivity (Wildman–Crippen MR) is 55.6 cm³/mol. The molecule has 0 amide bonds. The Labute approximate surface area is 82.0 Å². The highest BCUT2D eigenvalue weighted by Gasteiger charge is 2.35. The van der Waals surface area contributed by atoms with Gasteiger partial charge >= 0.3 is 0 Å². The largest absolute Gasteiger partial charge is 0.393 e. The van der Waals surface area contributed by atoms with Crippen molar-refractivity contribution < 1.29 is 10.2 Å². The quantitative estimate of drug-likeness (QED) is 0.671. The third-order valence-corrected chi connectivity index (χ3v) is 3.24. The Balaban J connectivity index is 4.51. The summed E-state index contributed by atoms with van der Waals surface area (Å²) in [5.41, 5.74) is -0.676. The van der Waals surface area contributed by atoms with Gasteiger partial charge < -0.3 is 10.2 Å². The number of rotatable bonds is 6. The van der Waals surface area contributed by atoms with E-state index < -0.39 is 5.60 Å². The fraction of sp³-hybridized carbons (Fsp3) is 1.00. The summed E-state index contributed by atoms with van der Waals surface area (Å²) in [6.45, 7) is 7.95. The Morgan fingerprint density at radius 2 is 1.46 bits per heavy atom. The van der Waals surface area contributed by atoms with Crippen LogP contribution >= 0.6 is 0 Å². The molecule has 0 aliphatic heterocycles. The van der Waals surface area contributed by atoms with Crippen molar-refractivity contribution in [2.75, 3.05) is 0 Å². The molecule has 0 bridgehead atoms. The van der Waals surface area contributed by atoms with E-state index in [1.165, 1.54) is 0 Å². The van der Waals surface area contributed by atoms with Crippen molar-refractivity contribution in [3.63, 3.8) is 0 Å². The average molecular weight is 188 g/mol. The van der Waals surface area contributed by atoms with Crippen molar-refractivity contribution in [2.45, 2.75) is 65.1 Å². The second-order valence-electron chi connectivity index (χ2n) is 3.80. The van der Waals surface area contributed by atoms with Crippen LogP contribution in [0.4, 0.5) is 0 Å². The van der Waals surface area contributed by atoms with E-state index in [9.17, 15) is 10.2 Å². The molecule has 0 heterocycles. The molecule has 0 aromatic rings. The third-order valence-electron chi connectivity index (χ3n) is 3.24. The van der Waals surface area contributed by atoms with E-state index in [2.05, 4.69) is 0 Å². The summed E-state index contributed by atoms with van der Waals surface area (Å²) in [5, 5.41) is 20.0. The van der Waals surface area contributed by atoms with Gasteiger partial charge in [-0.2, -0.15) is 0 Å². The lowest BCUT2D eigenvalue weighted by molar-refractivity contribution is -0.0789. The monoisotopic (exact) mass is 188 g/mol. The first-order chi connectivity index (χ1) is 6.05. The summed E-state index contributed by atoms with van der Waals surface area (Å²) in [6, 6.07) is 0. The van der Waals surface area contributed by atoms with Gasteiger partial charge in [0.2, 0.25) is 0 Å². The second-order valence-corrected chi connectivity index (χ2v) is 3.80. The van der Waals surface area contributed by atoms with E-state index in [0.717, 1.165) is 25.7 Å². The maximum Gasteiger partial charge on any atom is 0.0695 e. The second kappa shape index (κ2) is 5.61. The maximum atomic E-state index is 10.2. The molecule has 13 heavy (non-hydrogen) atoms. The maximum absolute atomic E-state index is 10.2. The first kappa shape index (κ1) is 12.9. The first-order valence-corrected chi connectivity index (χ1v) is 5.46. The van der Waals surface area contributed by atoms with Gasteiger partial charge in [0.1, 0.15) is 0 Å². The van der Waals surface area contributed by atoms with Crippen LogP contribution in [0.15, 0.2) is 0 Å². The molecule has 2 unspecified atom stereocenters. The van der Waals surface area contributed by atoms with Crippen LogP contribution in [0.2, 0.25) is 0 Å². The number of hydrogen-bond donors (Lipinski definition) is 2. The van der Waals surface area contributed by atoms with Gasteiger partial charge in [0.15, 0.2) is 0 Å². The smallest absolute Gasteiger partial charge is 0.0695 e. The lowest BCUT2D eigenvalue weighted by Gasteiger charge is -2.37. The number of aliphatic hydroxyl groups is 2. The Morgan fingerprint density at radius 1 is 1.00 bits per heavy atom. The van der Waals surface area contributed by atoms with Crippen molar-refractivity contribution in [1.29, 1.82) is 0 Å². The molecule has 80 valence electrons. The predicted octanol–water partition coefficient (Wildman–Crippen LogP) is 2.33. The molecule has 0 rings (SSSR count). The zero-order valence-electron chi connectivity index (χ0n) is 9.38. The van der Waals surface area contributed by atoms with Crippen LogP contribution in [0.25, 0.3) is 0 Å². The summed E-state index contributed by atoms with van der Waals surface area (Å²) < 4.78 is 0. The van der Waals surface area contributed by atoms with E-state index in [4.69, 9.17) is 0 Å². The molecule has 2 atom stereocenters. The Morgan fingerprint density at radius 3 is 1.69 bits per heavy atom. The minimum atomic E-state index is -0.676. The van der Waals surface area contributed by atoms with Gasteiger partial charge in [-0.25, -0.2) is 0 Å². The highest BCUT2D eigenvalue weighted by molar-refractivity contribution is 4.87. The van der Waals surface area contributed by atoms with Gasteiger partial charge in [0.05, 0.1) is 11.7 Å². The van der Waals surface area contributed by atoms with Gasteiger partial charge in [-0.3, -0.25) is 0 Å². The first-order valence-electron chi connectivity index (χ1n) is 5.46. The number of hydrogen-bond acceptors (Lipinski definition) is 2. The fourth-order valence-corrected chi connectivity index (χ4v) is 2.07. The van der Waals surface area contributed by atoms with Gasteiger partial charge in [0.25, 0.3) is 0 Å². The topological polar surface area (TPSA) is 40.5 Å². The Bertz CT molecular complexity index is 130. The van der Waals surface area contributed by atoms with Crippen molar-refractivity contribution in [3.8, 4) is 0 Å². The zero-order chi connectivity index (χ0) is 10.5. The van der Waals surface area contributed by atoms with Crippen LogP contribution in [-0.4, -0.2) is 21.9 Å². The van der Waals surface area contributed by atoms with E-state index in [1.807, 2.05) is 27.7 Å². The molecule has 0 radical (unpaired) electrons. The minimum absolute atomic E-state index is 0.0208. The molecule has 2 heteroatoms. The summed E-state index contributed by atoms with van der Waals surface area (Å²) in [5.74, 6) is 0.0208. The molecule has 0 aliphatic carbocycles. The van der Waals surface area contributed by atoms with Gasteiger partial charge in [0, 0.05) is 5.92 Å². The van der Waals surface area contributed by atoms with Crippen LogP contribution in [0.3, 0.4) is 0 Å². The van der Waals surface area contributed by atoms with E-state index in [1.54, 1.807) is 0 Å². The van der Waals surface area contributed by atoms with E-state index >= 15 is 0 Å². The molecule has 0 aromatic heterocycles. The number of aliphatic hydroxyl groups excluding tert-OH is 1. The fourth-order valence-electron chi connectivity index (χ4n) is 2.07. The standard InChI is InChI=1S/C11H24O2/c1-5-9(10(12)6-2)11(13,7-3)8-4/h9-10,12-13H,5-8H2,1-4H3. The van der Waals surface area contributed by atoms with Crippen LogP contribution < -0.4 is 0 Å². The average Bonchev–Trinajstić information content (AvgIpc) is 2.18. The molecule has 0 saturated carbocycles. The molecule has 0 spiro atoms. The minimum Gasteiger partial charge on any atom is -0.393 e. The van der Waals surface area contributed by atoms with E-state index in [0.29, 0.717) is 0 Å². The van der Waals surface area contributed by atoms with E-state index in [-0.39, 0.29) is 12.0 Å². The van der Waals surface area contributed by atoms with Crippen LogP contribution in [0.5, 0.6) is 0 Å². The molecule has 0 saturated heterocycles. The summed E-state index contributed by atoms with van der Waals surface area (Å²) in [7, 11) is 0. The van der Waals surface area contributed by atoms with Crippen LogP contribution in [0.1, 0.15) is 53.4 Å². The SMILES string of the molecule is CCC(O)C(CC)C(O)(CC)CC. The molecule has 0 aliphatic rings. The highest BCUT2D eigenvalue weighted by atomic mass is 16.3. The van der Waals surface area contributed by atoms with Gasteiger partial charge in [-0.05, 0) is 25.7 Å². The summed E-state index contributed by atoms with van der Waals surface area (Å²) in [6.07, 6.45) is 2.64. The molecule has 0 aromatic carbocycles. The van der Waals surface area contributed by atoms with Crippen LogP contribution in [0, 0.1) is 5.92 Å². The Kier molecular flexibility index (Phi) is 5.57.